The Balaban J connectivity index is 2.94. The van der Waals surface area contributed by atoms with Crippen LogP contribution in [-0.2, 0) is 0 Å². The third kappa shape index (κ3) is 2.82. The molecule has 1 heteroatoms. The SMILES string of the molecule is C/C=C(\C=N)c1ccc(C(CC)CC)cc1. The van der Waals surface area contributed by atoms with E-state index in [1.54, 1.807) is 0 Å². The maximum absolute atomic E-state index is 7.31. The Morgan fingerprint density at radius 1 is 1.19 bits per heavy atom. The summed E-state index contributed by atoms with van der Waals surface area (Å²) in [4.78, 5) is 0. The minimum atomic E-state index is 0.670. The molecule has 1 N–H and O–H groups in total. The number of allylic oxidation sites excluding steroid dienone is 2. The van der Waals surface area contributed by atoms with Crippen LogP contribution in [0.4, 0.5) is 0 Å². The van der Waals surface area contributed by atoms with E-state index in [-0.39, 0.29) is 0 Å². The topological polar surface area (TPSA) is 23.9 Å². The van der Waals surface area contributed by atoms with E-state index < -0.39 is 0 Å². The monoisotopic (exact) mass is 215 g/mol. The zero-order chi connectivity index (χ0) is 12.0. The van der Waals surface area contributed by atoms with Crippen LogP contribution in [0.2, 0.25) is 0 Å². The summed E-state index contributed by atoms with van der Waals surface area (Å²) in [7, 11) is 0. The molecule has 0 radical (unpaired) electrons. The largest absolute Gasteiger partial charge is 0.308 e. The van der Waals surface area contributed by atoms with Crippen LogP contribution in [0.1, 0.15) is 50.7 Å². The third-order valence-electron chi connectivity index (χ3n) is 3.17. The van der Waals surface area contributed by atoms with Crippen molar-refractivity contribution in [3.05, 3.63) is 41.5 Å². The molecule has 0 spiro atoms. The van der Waals surface area contributed by atoms with E-state index in [2.05, 4.69) is 38.1 Å². The quantitative estimate of drug-likeness (QED) is 0.692. The third-order valence-corrected chi connectivity index (χ3v) is 3.17. The van der Waals surface area contributed by atoms with Crippen LogP contribution < -0.4 is 0 Å². The van der Waals surface area contributed by atoms with Gasteiger partial charge in [0, 0.05) is 6.21 Å². The van der Waals surface area contributed by atoms with Crippen molar-refractivity contribution in [2.24, 2.45) is 0 Å². The van der Waals surface area contributed by atoms with E-state index in [9.17, 15) is 0 Å². The second-order valence-corrected chi connectivity index (χ2v) is 4.02. The van der Waals surface area contributed by atoms with Crippen LogP contribution in [0.15, 0.2) is 30.3 Å². The summed E-state index contributed by atoms with van der Waals surface area (Å²) in [5, 5.41) is 7.31. The molecule has 1 aromatic rings. The lowest BCUT2D eigenvalue weighted by molar-refractivity contribution is 0.642. The molecular weight excluding hydrogens is 194 g/mol. The molecule has 0 heterocycles. The second-order valence-electron chi connectivity index (χ2n) is 4.02. The number of rotatable bonds is 5. The zero-order valence-corrected chi connectivity index (χ0v) is 10.5. The Morgan fingerprint density at radius 3 is 2.12 bits per heavy atom. The number of nitrogens with one attached hydrogen (secondary N) is 1. The van der Waals surface area contributed by atoms with Crippen LogP contribution in [0.25, 0.3) is 5.57 Å². The molecule has 0 saturated heterocycles. The average molecular weight is 215 g/mol. The Labute approximate surface area is 98.7 Å². The van der Waals surface area contributed by atoms with Gasteiger partial charge in [-0.2, -0.15) is 0 Å². The number of hydrogen-bond acceptors (Lipinski definition) is 1. The van der Waals surface area contributed by atoms with Crippen molar-refractivity contribution in [2.45, 2.75) is 39.5 Å². The normalized spacial score (nSPS) is 11.9. The van der Waals surface area contributed by atoms with Gasteiger partial charge in [-0.05, 0) is 42.4 Å². The molecule has 0 aliphatic heterocycles. The van der Waals surface area contributed by atoms with E-state index >= 15 is 0 Å². The minimum absolute atomic E-state index is 0.670. The first-order valence-electron chi connectivity index (χ1n) is 6.03. The van der Waals surface area contributed by atoms with Gasteiger partial charge in [0.05, 0.1) is 0 Å². The van der Waals surface area contributed by atoms with Gasteiger partial charge in [-0.25, -0.2) is 0 Å². The molecule has 1 nitrogen and oxygen atoms in total. The summed E-state index contributed by atoms with van der Waals surface area (Å²) in [5.74, 6) is 0.670. The highest BCUT2D eigenvalue weighted by Gasteiger charge is 2.06. The predicted molar refractivity (Wildman–Crippen MR) is 72.2 cm³/mol. The van der Waals surface area contributed by atoms with Crippen LogP contribution >= 0.6 is 0 Å². The van der Waals surface area contributed by atoms with Gasteiger partial charge >= 0.3 is 0 Å². The summed E-state index contributed by atoms with van der Waals surface area (Å²) >= 11 is 0. The van der Waals surface area contributed by atoms with E-state index in [1.807, 2.05) is 13.0 Å². The van der Waals surface area contributed by atoms with Crippen molar-refractivity contribution in [3.63, 3.8) is 0 Å². The highest BCUT2D eigenvalue weighted by atomic mass is 14.3. The highest BCUT2D eigenvalue weighted by molar-refractivity contribution is 6.08. The van der Waals surface area contributed by atoms with Gasteiger partial charge in [-0.1, -0.05) is 44.2 Å². The Bertz CT molecular complexity index is 356. The molecule has 16 heavy (non-hydrogen) atoms. The molecular formula is C15H21N. The fourth-order valence-corrected chi connectivity index (χ4v) is 2.04. The van der Waals surface area contributed by atoms with E-state index in [4.69, 9.17) is 5.41 Å². The van der Waals surface area contributed by atoms with Crippen LogP contribution in [0.5, 0.6) is 0 Å². The Morgan fingerprint density at radius 2 is 1.75 bits per heavy atom. The van der Waals surface area contributed by atoms with Crippen LogP contribution in [0.3, 0.4) is 0 Å². The smallest absolute Gasteiger partial charge is 0.0253 e. The lowest BCUT2D eigenvalue weighted by Crippen LogP contribution is -1.95. The standard InChI is InChI=1S/C15H21N/c1-4-12(5-2)14-7-9-15(10-8-14)13(6-3)11-16/h6-12,16H,4-5H2,1-3H3/b13-6+,16-11?. The molecule has 0 unspecified atom stereocenters. The maximum atomic E-state index is 7.31. The molecule has 0 amide bonds. The molecule has 0 bridgehead atoms. The van der Waals surface area contributed by atoms with E-state index in [1.165, 1.54) is 24.6 Å². The van der Waals surface area contributed by atoms with Gasteiger partial charge in [0.2, 0.25) is 0 Å². The van der Waals surface area contributed by atoms with Crippen LogP contribution in [0, 0.1) is 5.41 Å². The lowest BCUT2D eigenvalue weighted by Gasteiger charge is -2.13. The summed E-state index contributed by atoms with van der Waals surface area (Å²) in [5.41, 5.74) is 3.53. The Kier molecular flexibility index (Phi) is 4.97. The average Bonchev–Trinajstić information content (AvgIpc) is 2.34. The molecule has 0 saturated carbocycles. The first-order chi connectivity index (χ1) is 7.76. The minimum Gasteiger partial charge on any atom is -0.308 e. The summed E-state index contributed by atoms with van der Waals surface area (Å²) in [6, 6.07) is 8.63. The van der Waals surface area contributed by atoms with Crippen molar-refractivity contribution in [1.29, 1.82) is 5.41 Å². The van der Waals surface area contributed by atoms with Gasteiger partial charge in [0.25, 0.3) is 0 Å². The first-order valence-corrected chi connectivity index (χ1v) is 6.03. The van der Waals surface area contributed by atoms with Gasteiger partial charge in [-0.15, -0.1) is 0 Å². The summed E-state index contributed by atoms with van der Waals surface area (Å²) < 4.78 is 0. The van der Waals surface area contributed by atoms with Crippen molar-refractivity contribution in [1.82, 2.24) is 0 Å². The van der Waals surface area contributed by atoms with Crippen molar-refractivity contribution >= 4 is 11.8 Å². The molecule has 1 rings (SSSR count). The van der Waals surface area contributed by atoms with Gasteiger partial charge < -0.3 is 5.41 Å². The molecule has 0 aromatic heterocycles. The first kappa shape index (κ1) is 12.7. The van der Waals surface area contributed by atoms with Crippen molar-refractivity contribution in [3.8, 4) is 0 Å². The Hall–Kier alpha value is -1.37. The molecule has 0 aliphatic carbocycles. The van der Waals surface area contributed by atoms with E-state index in [0.29, 0.717) is 5.92 Å². The fraction of sp³-hybridized carbons (Fsp3) is 0.400. The number of benzene rings is 1. The van der Waals surface area contributed by atoms with Gasteiger partial charge in [-0.3, -0.25) is 0 Å². The second kappa shape index (κ2) is 6.26. The van der Waals surface area contributed by atoms with Gasteiger partial charge in [0.15, 0.2) is 0 Å². The van der Waals surface area contributed by atoms with Crippen LogP contribution in [-0.4, -0.2) is 6.21 Å². The molecule has 0 fully saturated rings. The molecule has 0 atom stereocenters. The van der Waals surface area contributed by atoms with Gasteiger partial charge in [0.1, 0.15) is 0 Å². The molecule has 86 valence electrons. The predicted octanol–water partition coefficient (Wildman–Crippen LogP) is 4.64. The lowest BCUT2D eigenvalue weighted by atomic mass is 9.92. The summed E-state index contributed by atoms with van der Waals surface area (Å²) in [6.45, 7) is 6.43. The van der Waals surface area contributed by atoms with Crippen molar-refractivity contribution in [2.75, 3.05) is 0 Å². The number of hydrogen-bond donors (Lipinski definition) is 1. The summed E-state index contributed by atoms with van der Waals surface area (Å²) in [6.07, 6.45) is 5.76. The van der Waals surface area contributed by atoms with Crippen molar-refractivity contribution < 1.29 is 0 Å². The fourth-order valence-electron chi connectivity index (χ4n) is 2.04. The van der Waals surface area contributed by atoms with E-state index in [0.717, 1.165) is 11.1 Å². The zero-order valence-electron chi connectivity index (χ0n) is 10.5. The molecule has 0 aliphatic rings. The maximum Gasteiger partial charge on any atom is 0.0253 e. The highest BCUT2D eigenvalue weighted by Crippen LogP contribution is 2.24. The molecule has 1 aromatic carbocycles.